The van der Waals surface area contributed by atoms with Gasteiger partial charge >= 0.3 is 5.97 Å². The minimum absolute atomic E-state index is 0.0286. The van der Waals surface area contributed by atoms with Crippen molar-refractivity contribution in [1.29, 1.82) is 0 Å². The van der Waals surface area contributed by atoms with E-state index in [4.69, 9.17) is 5.11 Å². The van der Waals surface area contributed by atoms with E-state index in [9.17, 15) is 24.9 Å². The van der Waals surface area contributed by atoms with Gasteiger partial charge in [0, 0.05) is 6.42 Å². The first-order valence-corrected chi connectivity index (χ1v) is 10.4. The standard InChI is InChI=1S/C22H40O6/c1-16(2)8-5-9-17(3)10-6-11-18(4)12-7-13-19(25)20(26)22(14-23,15-24)21(27)28/h12,16-17,20,23-24,26H,5-11,13-15H2,1-4H3,(H,27,28). The molecule has 0 bridgehead atoms. The van der Waals surface area contributed by atoms with Gasteiger partial charge in [-0.3, -0.25) is 9.59 Å². The van der Waals surface area contributed by atoms with Crippen LogP contribution in [0.15, 0.2) is 11.6 Å². The second-order valence-electron chi connectivity index (χ2n) is 8.56. The van der Waals surface area contributed by atoms with Gasteiger partial charge in [0.15, 0.2) is 5.78 Å². The zero-order valence-electron chi connectivity index (χ0n) is 18.0. The Morgan fingerprint density at radius 3 is 2.04 bits per heavy atom. The van der Waals surface area contributed by atoms with Gasteiger partial charge in [-0.2, -0.15) is 0 Å². The SMILES string of the molecule is CC(=CCCC(=O)C(O)C(CO)(CO)C(=O)O)CCCC(C)CCCC(C)C. The van der Waals surface area contributed by atoms with E-state index in [1.807, 2.05) is 13.0 Å². The fraction of sp³-hybridized carbons (Fsp3) is 0.818. The number of aliphatic hydroxyl groups is 3. The second kappa shape index (κ2) is 13.9. The summed E-state index contributed by atoms with van der Waals surface area (Å²) in [6, 6.07) is 0. The van der Waals surface area contributed by atoms with E-state index in [1.54, 1.807) is 0 Å². The molecular formula is C22H40O6. The van der Waals surface area contributed by atoms with Crippen molar-refractivity contribution in [3.05, 3.63) is 11.6 Å². The van der Waals surface area contributed by atoms with Crippen molar-refractivity contribution < 1.29 is 30.0 Å². The van der Waals surface area contributed by atoms with Crippen LogP contribution in [0, 0.1) is 17.3 Å². The van der Waals surface area contributed by atoms with Crippen LogP contribution in [-0.4, -0.2) is 51.5 Å². The number of allylic oxidation sites excluding steroid dienone is 2. The maximum absolute atomic E-state index is 12.1. The Bertz CT molecular complexity index is 493. The molecule has 0 aromatic carbocycles. The monoisotopic (exact) mass is 400 g/mol. The maximum atomic E-state index is 12.1. The molecule has 4 N–H and O–H groups in total. The van der Waals surface area contributed by atoms with Crippen LogP contribution in [0.4, 0.5) is 0 Å². The highest BCUT2D eigenvalue weighted by Crippen LogP contribution is 2.24. The summed E-state index contributed by atoms with van der Waals surface area (Å²) in [5.74, 6) is -0.806. The summed E-state index contributed by atoms with van der Waals surface area (Å²) < 4.78 is 0. The molecule has 0 aromatic heterocycles. The lowest BCUT2D eigenvalue weighted by molar-refractivity contribution is -0.170. The second-order valence-corrected chi connectivity index (χ2v) is 8.56. The van der Waals surface area contributed by atoms with E-state index in [-0.39, 0.29) is 6.42 Å². The molecule has 0 radical (unpaired) electrons. The third-order valence-corrected chi connectivity index (χ3v) is 5.45. The van der Waals surface area contributed by atoms with Crippen LogP contribution in [0.25, 0.3) is 0 Å². The lowest BCUT2D eigenvalue weighted by Crippen LogP contribution is -2.52. The molecule has 0 heterocycles. The van der Waals surface area contributed by atoms with E-state index >= 15 is 0 Å². The van der Waals surface area contributed by atoms with E-state index in [2.05, 4.69) is 20.8 Å². The average molecular weight is 401 g/mol. The highest BCUT2D eigenvalue weighted by molar-refractivity contribution is 5.90. The Morgan fingerprint density at radius 2 is 1.54 bits per heavy atom. The normalized spacial score (nSPS) is 14.9. The van der Waals surface area contributed by atoms with Gasteiger partial charge in [0.05, 0.1) is 13.2 Å². The molecule has 6 heteroatoms. The summed E-state index contributed by atoms with van der Waals surface area (Å²) in [4.78, 5) is 23.3. The Hall–Kier alpha value is -1.24. The smallest absolute Gasteiger partial charge is 0.317 e. The Kier molecular flexibility index (Phi) is 13.2. The maximum Gasteiger partial charge on any atom is 0.317 e. The zero-order chi connectivity index (χ0) is 21.7. The van der Waals surface area contributed by atoms with Crippen molar-refractivity contribution in [3.8, 4) is 0 Å². The minimum Gasteiger partial charge on any atom is -0.481 e. The molecule has 0 aliphatic rings. The first-order valence-electron chi connectivity index (χ1n) is 10.4. The molecular weight excluding hydrogens is 360 g/mol. The molecule has 0 rings (SSSR count). The zero-order valence-corrected chi connectivity index (χ0v) is 18.0. The molecule has 164 valence electrons. The van der Waals surface area contributed by atoms with Crippen molar-refractivity contribution in [1.82, 2.24) is 0 Å². The van der Waals surface area contributed by atoms with E-state index in [0.717, 1.165) is 18.8 Å². The number of carboxylic acids is 1. The van der Waals surface area contributed by atoms with Crippen molar-refractivity contribution >= 4 is 11.8 Å². The molecule has 0 amide bonds. The van der Waals surface area contributed by atoms with Crippen LogP contribution in [-0.2, 0) is 9.59 Å². The molecule has 28 heavy (non-hydrogen) atoms. The summed E-state index contributed by atoms with van der Waals surface area (Å²) >= 11 is 0. The van der Waals surface area contributed by atoms with Crippen LogP contribution in [0.1, 0.15) is 79.1 Å². The van der Waals surface area contributed by atoms with Gasteiger partial charge in [0.25, 0.3) is 0 Å². The van der Waals surface area contributed by atoms with Crippen molar-refractivity contribution in [2.24, 2.45) is 17.3 Å². The summed E-state index contributed by atoms with van der Waals surface area (Å²) in [7, 11) is 0. The van der Waals surface area contributed by atoms with Crippen molar-refractivity contribution in [3.63, 3.8) is 0 Å². The van der Waals surface area contributed by atoms with Crippen LogP contribution in [0.5, 0.6) is 0 Å². The quantitative estimate of drug-likeness (QED) is 0.295. The molecule has 0 fully saturated rings. The summed E-state index contributed by atoms with van der Waals surface area (Å²) in [5.41, 5.74) is -1.08. The number of rotatable bonds is 16. The average Bonchev–Trinajstić information content (AvgIpc) is 2.62. The molecule has 0 saturated carbocycles. The van der Waals surface area contributed by atoms with Gasteiger partial charge in [0.1, 0.15) is 11.5 Å². The van der Waals surface area contributed by atoms with Crippen LogP contribution in [0.2, 0.25) is 0 Å². The number of Topliss-reactive ketones (excluding diaryl/α,β-unsaturated/α-hetero) is 1. The molecule has 0 aromatic rings. The van der Waals surface area contributed by atoms with Crippen LogP contribution < -0.4 is 0 Å². The van der Waals surface area contributed by atoms with Gasteiger partial charge in [-0.05, 0) is 38.0 Å². The number of carbonyl (C=O) groups excluding carboxylic acids is 1. The number of carboxylic acid groups (broad SMARTS) is 1. The molecule has 2 atom stereocenters. The number of hydrogen-bond acceptors (Lipinski definition) is 5. The van der Waals surface area contributed by atoms with Gasteiger partial charge in [-0.1, -0.05) is 58.1 Å². The predicted molar refractivity (Wildman–Crippen MR) is 110 cm³/mol. The highest BCUT2D eigenvalue weighted by Gasteiger charge is 2.47. The lowest BCUT2D eigenvalue weighted by atomic mass is 9.80. The topological polar surface area (TPSA) is 115 Å². The third-order valence-electron chi connectivity index (χ3n) is 5.45. The largest absolute Gasteiger partial charge is 0.481 e. The summed E-state index contributed by atoms with van der Waals surface area (Å²) in [5, 5.41) is 37.6. The van der Waals surface area contributed by atoms with Gasteiger partial charge < -0.3 is 20.4 Å². The molecule has 0 saturated heterocycles. The highest BCUT2D eigenvalue weighted by atomic mass is 16.4. The van der Waals surface area contributed by atoms with Gasteiger partial charge in [-0.15, -0.1) is 0 Å². The van der Waals surface area contributed by atoms with E-state index in [0.29, 0.717) is 12.3 Å². The fourth-order valence-corrected chi connectivity index (χ4v) is 3.23. The molecule has 6 nitrogen and oxygen atoms in total. The van der Waals surface area contributed by atoms with E-state index in [1.165, 1.54) is 31.3 Å². The molecule has 2 unspecified atom stereocenters. The number of hydrogen-bond donors (Lipinski definition) is 4. The fourth-order valence-electron chi connectivity index (χ4n) is 3.23. The molecule has 0 spiro atoms. The van der Waals surface area contributed by atoms with E-state index < -0.39 is 36.5 Å². The number of aliphatic carboxylic acids is 1. The van der Waals surface area contributed by atoms with Crippen molar-refractivity contribution in [2.75, 3.05) is 13.2 Å². The van der Waals surface area contributed by atoms with Crippen LogP contribution in [0.3, 0.4) is 0 Å². The summed E-state index contributed by atoms with van der Waals surface area (Å²) in [6.45, 7) is 6.78. The third kappa shape index (κ3) is 9.30. The predicted octanol–water partition coefficient (Wildman–Crippen LogP) is 3.33. The first kappa shape index (κ1) is 26.8. The van der Waals surface area contributed by atoms with Crippen LogP contribution >= 0.6 is 0 Å². The Morgan fingerprint density at radius 1 is 0.964 bits per heavy atom. The lowest BCUT2D eigenvalue weighted by Gasteiger charge is -2.29. The Balaban J connectivity index is 4.29. The summed E-state index contributed by atoms with van der Waals surface area (Å²) in [6.07, 6.45) is 7.42. The molecule has 0 aliphatic heterocycles. The minimum atomic E-state index is -2.25. The van der Waals surface area contributed by atoms with Crippen molar-refractivity contribution in [2.45, 2.75) is 85.2 Å². The number of aliphatic hydroxyl groups excluding tert-OH is 3. The van der Waals surface area contributed by atoms with Gasteiger partial charge in [0.2, 0.25) is 0 Å². The Labute approximate surface area is 169 Å². The van der Waals surface area contributed by atoms with Gasteiger partial charge in [-0.25, -0.2) is 0 Å². The number of carbonyl (C=O) groups is 2. The first-order chi connectivity index (χ1) is 13.1. The number of ketones is 1. The molecule has 0 aliphatic carbocycles.